The third-order valence-corrected chi connectivity index (χ3v) is 13.4. The number of rotatable bonds is 12. The zero-order valence-electron chi connectivity index (χ0n) is 36.4. The van der Waals surface area contributed by atoms with E-state index < -0.39 is 59.4 Å². The Balaban J connectivity index is 1.15. The second kappa shape index (κ2) is 18.2. The Kier molecular flexibility index (Phi) is 11.9. The molecule has 3 amide bonds. The molecule has 6 atom stereocenters. The third kappa shape index (κ3) is 7.41. The monoisotopic (exact) mass is 894 g/mol. The van der Waals surface area contributed by atoms with Crippen LogP contribution in [0.4, 0.5) is 10.5 Å². The maximum Gasteiger partial charge on any atom is 0.421 e. The van der Waals surface area contributed by atoms with Crippen molar-refractivity contribution in [3.8, 4) is 17.2 Å². The molecule has 0 unspecified atom stereocenters. The van der Waals surface area contributed by atoms with Crippen LogP contribution in [-0.2, 0) is 40.6 Å². The molecule has 15 heteroatoms. The zero-order chi connectivity index (χ0) is 45.4. The van der Waals surface area contributed by atoms with Gasteiger partial charge in [-0.2, -0.15) is 0 Å². The van der Waals surface area contributed by atoms with E-state index in [0.29, 0.717) is 61.1 Å². The number of methoxy groups -OCH3 is 1. The van der Waals surface area contributed by atoms with Crippen LogP contribution in [0.3, 0.4) is 0 Å². The van der Waals surface area contributed by atoms with Gasteiger partial charge in [0.15, 0.2) is 11.5 Å². The van der Waals surface area contributed by atoms with Gasteiger partial charge in [0.2, 0.25) is 18.6 Å². The number of aliphatic hydroxyl groups excluding tert-OH is 1. The highest BCUT2D eigenvalue weighted by atomic mass is 16.7. The molecule has 0 aromatic heterocycles. The first kappa shape index (κ1) is 43.1. The predicted octanol–water partition coefficient (Wildman–Crippen LogP) is 5.58. The number of cyclic esters (lactones) is 1. The maximum absolute atomic E-state index is 16.2. The number of fused-ring (bicyclic) bond motifs is 4. The van der Waals surface area contributed by atoms with Crippen molar-refractivity contribution in [1.29, 1.82) is 0 Å². The van der Waals surface area contributed by atoms with Gasteiger partial charge in [-0.25, -0.2) is 9.69 Å². The summed E-state index contributed by atoms with van der Waals surface area (Å²) in [5.41, 5.74) is 1.84. The lowest BCUT2D eigenvalue weighted by atomic mass is 9.65. The van der Waals surface area contributed by atoms with Crippen molar-refractivity contribution in [3.63, 3.8) is 0 Å². The van der Waals surface area contributed by atoms with Crippen molar-refractivity contribution in [2.24, 2.45) is 5.92 Å². The molecule has 5 aromatic rings. The minimum Gasteiger partial charge on any atom is -0.491 e. The largest absolute Gasteiger partial charge is 0.491 e. The fraction of sp³-hybridized carbons (Fsp3) is 0.333. The van der Waals surface area contributed by atoms with Crippen LogP contribution in [0.5, 0.6) is 17.2 Å². The summed E-state index contributed by atoms with van der Waals surface area (Å²) in [4.78, 5) is 69.0. The second-order valence-corrected chi connectivity index (χ2v) is 17.0. The Morgan fingerprint density at radius 2 is 1.45 bits per heavy atom. The summed E-state index contributed by atoms with van der Waals surface area (Å²) < 4.78 is 34.6. The highest BCUT2D eigenvalue weighted by Crippen LogP contribution is 2.66. The van der Waals surface area contributed by atoms with Gasteiger partial charge >= 0.3 is 12.1 Å². The number of aliphatic hydroxyl groups is 1. The molecule has 0 radical (unpaired) electrons. The first-order valence-electron chi connectivity index (χ1n) is 22.2. The highest BCUT2D eigenvalue weighted by molar-refractivity contribution is 6.23. The van der Waals surface area contributed by atoms with Gasteiger partial charge in [-0.1, -0.05) is 97.1 Å². The minimum atomic E-state index is -1.91. The normalized spacial score (nSPS) is 24.5. The Labute approximate surface area is 381 Å². The maximum atomic E-state index is 16.2. The van der Waals surface area contributed by atoms with Gasteiger partial charge in [0.1, 0.15) is 36.5 Å². The summed E-state index contributed by atoms with van der Waals surface area (Å²) in [5, 5.41) is 9.76. The fourth-order valence-electron chi connectivity index (χ4n) is 10.7. The van der Waals surface area contributed by atoms with E-state index >= 15 is 14.4 Å². The van der Waals surface area contributed by atoms with E-state index in [1.807, 2.05) is 89.8 Å². The Morgan fingerprint density at radius 3 is 2.21 bits per heavy atom. The number of imide groups is 1. The van der Waals surface area contributed by atoms with Crippen LogP contribution in [-0.4, -0.2) is 116 Å². The summed E-state index contributed by atoms with van der Waals surface area (Å²) in [6, 6.07) is 36.0. The summed E-state index contributed by atoms with van der Waals surface area (Å²) in [6.07, 6.45) is -1.81. The lowest BCUT2D eigenvalue weighted by Gasteiger charge is -2.46. The molecule has 0 saturated carbocycles. The fourth-order valence-corrected chi connectivity index (χ4v) is 10.7. The number of para-hydroxylation sites is 1. The molecule has 340 valence electrons. The molecule has 0 bridgehead atoms. The minimum absolute atomic E-state index is 0.00522. The van der Waals surface area contributed by atoms with E-state index in [9.17, 15) is 9.90 Å². The molecule has 5 aliphatic rings. The topological polar surface area (TPSA) is 157 Å². The molecule has 3 saturated heterocycles. The van der Waals surface area contributed by atoms with Crippen LogP contribution < -0.4 is 19.1 Å². The van der Waals surface area contributed by atoms with Gasteiger partial charge in [0.25, 0.3) is 0 Å². The molecular formula is C51H50N4O11. The summed E-state index contributed by atoms with van der Waals surface area (Å²) in [7, 11) is 1.48. The standard InChI is InChI=1S/C51H50N4O11/c1-61-27-28-63-50(60)54-39-18-9-8-17-38(39)51(49(54)59)42(47(57)53-23-21-52(22-24-53)31-33-19-20-40-41(29-33)65-32-64-40)44-48(58)66-45(35-13-6-3-7-14-35)43(34-11-4-2-5-12-34)55(44)46(51)36-15-10-16-37(30-36)62-26-25-56/h2-20,29-30,42-46,56H,21-28,31-32H2,1H3/t42-,43-,44-,45+,46+,51-/m0/s1. The van der Waals surface area contributed by atoms with Crippen LogP contribution >= 0.6 is 0 Å². The van der Waals surface area contributed by atoms with Gasteiger partial charge in [0, 0.05) is 39.8 Å². The SMILES string of the molecule is COCCOC(=O)N1C(=O)[C@@]2(c3ccccc31)[C@H](C(=O)N1CCN(Cc3ccc4c(c3)OCO4)CC1)[C@H]1C(=O)O[C@H](c3ccccc3)[C@H](c3ccccc3)N1[C@@H]2c1cccc(OCCO)c1. The molecule has 5 aliphatic heterocycles. The van der Waals surface area contributed by atoms with Crippen molar-refractivity contribution in [2.45, 2.75) is 36.2 Å². The number of carbonyl (C=O) groups is 4. The van der Waals surface area contributed by atoms with E-state index in [1.165, 1.54) is 7.11 Å². The molecular weight excluding hydrogens is 845 g/mol. The number of ether oxygens (including phenoxy) is 6. The van der Waals surface area contributed by atoms with Gasteiger partial charge in [-0.15, -0.1) is 0 Å². The van der Waals surface area contributed by atoms with E-state index in [0.717, 1.165) is 21.6 Å². The molecule has 15 nitrogen and oxygen atoms in total. The van der Waals surface area contributed by atoms with E-state index in [4.69, 9.17) is 28.4 Å². The Morgan fingerprint density at radius 1 is 0.742 bits per heavy atom. The van der Waals surface area contributed by atoms with E-state index in [2.05, 4.69) is 4.90 Å². The number of hydrogen-bond acceptors (Lipinski definition) is 13. The number of morpholine rings is 1. The molecule has 10 rings (SSSR count). The van der Waals surface area contributed by atoms with Crippen molar-refractivity contribution < 1.29 is 52.7 Å². The Bertz CT molecular complexity index is 2610. The van der Waals surface area contributed by atoms with Crippen LogP contribution in [0.2, 0.25) is 0 Å². The van der Waals surface area contributed by atoms with Gasteiger partial charge in [0.05, 0.1) is 36.9 Å². The van der Waals surface area contributed by atoms with Gasteiger partial charge < -0.3 is 38.4 Å². The van der Waals surface area contributed by atoms with E-state index in [1.54, 1.807) is 47.4 Å². The van der Waals surface area contributed by atoms with Crippen molar-refractivity contribution in [1.82, 2.24) is 14.7 Å². The van der Waals surface area contributed by atoms with Crippen LogP contribution in [0.25, 0.3) is 0 Å². The predicted molar refractivity (Wildman–Crippen MR) is 239 cm³/mol. The number of esters is 1. The Hall–Kier alpha value is -6.78. The third-order valence-electron chi connectivity index (χ3n) is 13.4. The molecule has 1 N–H and O–H groups in total. The number of nitrogens with zero attached hydrogens (tertiary/aromatic N) is 4. The van der Waals surface area contributed by atoms with Gasteiger partial charge in [-0.3, -0.25) is 24.2 Å². The first-order chi connectivity index (χ1) is 32.3. The molecule has 5 aromatic carbocycles. The van der Waals surface area contributed by atoms with Gasteiger partial charge in [-0.05, 0) is 58.1 Å². The summed E-state index contributed by atoms with van der Waals surface area (Å²) in [6.45, 7) is 2.15. The van der Waals surface area contributed by atoms with Crippen LogP contribution in [0.1, 0.15) is 46.0 Å². The number of hydrogen-bond donors (Lipinski definition) is 1. The van der Waals surface area contributed by atoms with E-state index in [-0.39, 0.29) is 38.9 Å². The average Bonchev–Trinajstić information content (AvgIpc) is 4.03. The van der Waals surface area contributed by atoms with Crippen LogP contribution in [0, 0.1) is 5.92 Å². The number of piperazine rings is 1. The van der Waals surface area contributed by atoms with Crippen LogP contribution in [0.15, 0.2) is 127 Å². The van der Waals surface area contributed by atoms with Crippen molar-refractivity contribution in [3.05, 3.63) is 155 Å². The number of anilines is 1. The number of benzene rings is 5. The number of amides is 3. The molecule has 3 fully saturated rings. The first-order valence-corrected chi connectivity index (χ1v) is 22.2. The van der Waals surface area contributed by atoms with Crippen molar-refractivity contribution >= 4 is 29.6 Å². The highest BCUT2D eigenvalue weighted by Gasteiger charge is 2.76. The summed E-state index contributed by atoms with van der Waals surface area (Å²) in [5.74, 6) is -1.38. The molecule has 0 aliphatic carbocycles. The van der Waals surface area contributed by atoms with Crippen molar-refractivity contribution in [2.75, 3.05) is 71.4 Å². The molecule has 66 heavy (non-hydrogen) atoms. The second-order valence-electron chi connectivity index (χ2n) is 17.0. The average molecular weight is 895 g/mol. The molecule has 5 heterocycles. The molecule has 1 spiro atoms. The smallest absolute Gasteiger partial charge is 0.421 e. The zero-order valence-corrected chi connectivity index (χ0v) is 36.4. The number of carbonyl (C=O) groups excluding carboxylic acids is 4. The summed E-state index contributed by atoms with van der Waals surface area (Å²) >= 11 is 0. The quantitative estimate of drug-likeness (QED) is 0.123. The lowest BCUT2D eigenvalue weighted by molar-refractivity contribution is -0.179. The lowest BCUT2D eigenvalue weighted by Crippen LogP contribution is -2.59.